The molecular weight excluding hydrogens is 1010 g/mol. The van der Waals surface area contributed by atoms with Gasteiger partial charge in [0.2, 0.25) is 5.91 Å². The number of oxime groups is 1. The first-order valence-corrected chi connectivity index (χ1v) is 25.7. The zero-order valence-electron chi connectivity index (χ0n) is 38.0. The summed E-state index contributed by atoms with van der Waals surface area (Å²) in [6, 6.07) is 48.5. The molecule has 8 rings (SSSR count). The maximum Gasteiger partial charge on any atom is 0.316 e. The lowest BCUT2D eigenvalue weighted by molar-refractivity contribution is -0.164. The Hall–Kier alpha value is -6.04. The quantitative estimate of drug-likeness (QED) is 0.0172. The summed E-state index contributed by atoms with van der Waals surface area (Å²) in [5, 5.41) is 12.7. The molecule has 2 aliphatic rings. The third kappa shape index (κ3) is 10.5. The summed E-state index contributed by atoms with van der Waals surface area (Å²) >= 11 is 4.90. The number of carbonyl (C=O) groups is 4. The second-order valence-corrected chi connectivity index (χ2v) is 20.5. The number of hydrogen-bond donors (Lipinski definition) is 2. The van der Waals surface area contributed by atoms with Crippen LogP contribution in [0, 0.1) is 11.3 Å². The monoisotopic (exact) mass is 1060 g/mol. The van der Waals surface area contributed by atoms with Crippen molar-refractivity contribution in [1.29, 1.82) is 0 Å². The van der Waals surface area contributed by atoms with Gasteiger partial charge in [-0.2, -0.15) is 0 Å². The van der Waals surface area contributed by atoms with E-state index in [1.807, 2.05) is 115 Å². The molecular formula is C53H52IN5O7S2. The van der Waals surface area contributed by atoms with E-state index in [0.717, 1.165) is 27.8 Å². The smallest absolute Gasteiger partial charge is 0.316 e. The van der Waals surface area contributed by atoms with Crippen LogP contribution < -0.4 is 10.6 Å². The molecule has 6 aromatic rings. The Balaban J connectivity index is 1.04. The molecule has 15 heteroatoms. The maximum absolute atomic E-state index is 14.5. The van der Waals surface area contributed by atoms with Gasteiger partial charge in [0.15, 0.2) is 16.9 Å². The van der Waals surface area contributed by atoms with Crippen LogP contribution in [-0.4, -0.2) is 79.7 Å². The number of β-lactam (4-membered cyclic amide) rings is 1. The molecule has 1 aromatic heterocycles. The van der Waals surface area contributed by atoms with Crippen LogP contribution in [0.2, 0.25) is 0 Å². The van der Waals surface area contributed by atoms with E-state index in [4.69, 9.17) is 19.3 Å². The Morgan fingerprint density at radius 1 is 0.824 bits per heavy atom. The molecule has 350 valence electrons. The lowest BCUT2D eigenvalue weighted by Gasteiger charge is -2.53. The number of anilines is 1. The molecule has 5 aromatic carbocycles. The average molecular weight is 1060 g/mol. The van der Waals surface area contributed by atoms with Gasteiger partial charge in [0.25, 0.3) is 5.91 Å². The molecule has 2 fully saturated rings. The summed E-state index contributed by atoms with van der Waals surface area (Å²) in [6.45, 7) is 6.95. The fraction of sp³-hybridized carbons (Fsp3) is 0.283. The molecule has 2 amide bonds. The number of carbonyl (C=O) groups excluding carboxylic acids is 4. The van der Waals surface area contributed by atoms with Gasteiger partial charge in [-0.1, -0.05) is 179 Å². The summed E-state index contributed by atoms with van der Waals surface area (Å²) in [4.78, 5) is 67.9. The molecule has 2 aliphatic heterocycles. The SMILES string of the molecule is CC(CON=C(C(=O)NC1C(=O)N2CC(CI)(C(=O)OC(c3ccccc3)c3ccccc3)CS[C@H]12)c1csc(NC(c2ccccc2)(c2ccccc2)c2ccccc2)n1)C(=O)OC(C)(C)C. The highest BCUT2D eigenvalue weighted by Gasteiger charge is 2.58. The van der Waals surface area contributed by atoms with Gasteiger partial charge >= 0.3 is 11.9 Å². The maximum atomic E-state index is 14.5. The van der Waals surface area contributed by atoms with Gasteiger partial charge in [0.05, 0.1) is 5.92 Å². The minimum atomic E-state index is -0.988. The molecule has 0 radical (unpaired) electrons. The lowest BCUT2D eigenvalue weighted by Crippen LogP contribution is -2.74. The normalized spacial score (nSPS) is 18.7. The number of thiazole rings is 1. The number of hydrogen-bond acceptors (Lipinski definition) is 12. The van der Waals surface area contributed by atoms with Crippen LogP contribution >= 0.6 is 45.7 Å². The standard InChI is InChI=1S/C53H52IN5O7S2/c1-35(48(62)66-51(2,3)4)30-64-58-42(41-31-67-50(55-41)57-53(38-24-14-7-15-25-38,39-26-16-8-17-27-39)40-28-18-9-19-29-40)45(60)56-43-46(61)59-33-52(32-54,34-68-47(43)59)49(63)65-44(36-20-10-5-11-21-36)37-22-12-6-13-23-37/h5-29,31,35,43-44,47H,30,32-34H2,1-4H3,(H,55,57)(H,56,60)/t35?,43?,47-,52?/m1/s1. The van der Waals surface area contributed by atoms with Crippen molar-refractivity contribution in [2.24, 2.45) is 16.5 Å². The van der Waals surface area contributed by atoms with E-state index >= 15 is 0 Å². The molecule has 3 heterocycles. The minimum absolute atomic E-state index is 0.133. The Morgan fingerprint density at radius 2 is 1.34 bits per heavy atom. The average Bonchev–Trinajstić information content (AvgIpc) is 3.83. The number of rotatable bonds is 17. The van der Waals surface area contributed by atoms with Crippen molar-refractivity contribution in [3.05, 3.63) is 191 Å². The zero-order valence-corrected chi connectivity index (χ0v) is 41.8. The van der Waals surface area contributed by atoms with E-state index in [2.05, 4.69) is 74.8 Å². The van der Waals surface area contributed by atoms with E-state index in [1.165, 1.54) is 23.1 Å². The molecule has 2 saturated heterocycles. The van der Waals surface area contributed by atoms with Crippen LogP contribution in [0.15, 0.2) is 162 Å². The van der Waals surface area contributed by atoms with Crippen LogP contribution in [0.5, 0.6) is 0 Å². The number of amides is 2. The highest BCUT2D eigenvalue weighted by molar-refractivity contribution is 14.1. The number of aromatic nitrogens is 1. The number of esters is 2. The Labute approximate surface area is 418 Å². The highest BCUT2D eigenvalue weighted by atomic mass is 127. The summed E-state index contributed by atoms with van der Waals surface area (Å²) in [5.74, 6) is -2.24. The van der Waals surface area contributed by atoms with Gasteiger partial charge in [0, 0.05) is 22.1 Å². The van der Waals surface area contributed by atoms with E-state index in [-0.39, 0.29) is 30.5 Å². The lowest BCUT2D eigenvalue weighted by atomic mass is 9.77. The minimum Gasteiger partial charge on any atom is -0.460 e. The third-order valence-electron chi connectivity index (χ3n) is 11.7. The van der Waals surface area contributed by atoms with Gasteiger partial charge < -0.3 is 29.8 Å². The number of nitrogens with zero attached hydrogens (tertiary/aromatic N) is 3. The van der Waals surface area contributed by atoms with Crippen molar-refractivity contribution in [3.8, 4) is 0 Å². The van der Waals surface area contributed by atoms with Crippen molar-refractivity contribution >= 4 is 80.3 Å². The summed E-state index contributed by atoms with van der Waals surface area (Å²) in [6.07, 6.45) is -0.633. The largest absolute Gasteiger partial charge is 0.460 e. The third-order valence-corrected chi connectivity index (χ3v) is 15.5. The number of ether oxygens (including phenoxy) is 2. The number of halogens is 1. The molecule has 0 saturated carbocycles. The van der Waals surface area contributed by atoms with Gasteiger partial charge in [-0.3, -0.25) is 19.2 Å². The van der Waals surface area contributed by atoms with Crippen LogP contribution in [0.25, 0.3) is 0 Å². The summed E-state index contributed by atoms with van der Waals surface area (Å²) < 4.78 is 12.3. The summed E-state index contributed by atoms with van der Waals surface area (Å²) in [7, 11) is 0. The Kier molecular flexibility index (Phi) is 15.0. The van der Waals surface area contributed by atoms with E-state index in [9.17, 15) is 19.2 Å². The number of nitrogens with one attached hydrogen (secondary N) is 2. The van der Waals surface area contributed by atoms with Crippen LogP contribution in [0.1, 0.15) is 67.3 Å². The van der Waals surface area contributed by atoms with Crippen LogP contribution in [0.3, 0.4) is 0 Å². The number of alkyl halides is 1. The molecule has 4 atom stereocenters. The highest BCUT2D eigenvalue weighted by Crippen LogP contribution is 2.45. The molecule has 68 heavy (non-hydrogen) atoms. The fourth-order valence-electron chi connectivity index (χ4n) is 8.18. The topological polar surface area (TPSA) is 149 Å². The van der Waals surface area contributed by atoms with E-state index in [1.54, 1.807) is 38.0 Å². The van der Waals surface area contributed by atoms with Crippen molar-refractivity contribution in [1.82, 2.24) is 15.2 Å². The Bertz CT molecular complexity index is 2590. The first-order chi connectivity index (χ1) is 32.8. The second kappa shape index (κ2) is 21.1. The predicted molar refractivity (Wildman–Crippen MR) is 274 cm³/mol. The van der Waals surface area contributed by atoms with Crippen molar-refractivity contribution in [2.75, 3.05) is 28.6 Å². The number of benzene rings is 5. The number of fused-ring (bicyclic) bond motifs is 1. The van der Waals surface area contributed by atoms with Crippen molar-refractivity contribution < 1.29 is 33.5 Å². The molecule has 0 bridgehead atoms. The van der Waals surface area contributed by atoms with Gasteiger partial charge in [-0.15, -0.1) is 23.1 Å². The van der Waals surface area contributed by atoms with E-state index < -0.39 is 57.8 Å². The van der Waals surface area contributed by atoms with Gasteiger partial charge in [-0.05, 0) is 55.5 Å². The van der Waals surface area contributed by atoms with Gasteiger partial charge in [-0.25, -0.2) is 4.98 Å². The first-order valence-electron chi connectivity index (χ1n) is 22.3. The Morgan fingerprint density at radius 3 is 1.84 bits per heavy atom. The van der Waals surface area contributed by atoms with E-state index in [0.29, 0.717) is 15.3 Å². The van der Waals surface area contributed by atoms with Crippen molar-refractivity contribution in [2.45, 2.75) is 56.4 Å². The predicted octanol–water partition coefficient (Wildman–Crippen LogP) is 9.40. The van der Waals surface area contributed by atoms with Gasteiger partial charge in [0.1, 0.15) is 40.3 Å². The van der Waals surface area contributed by atoms with Crippen molar-refractivity contribution in [3.63, 3.8) is 0 Å². The molecule has 3 unspecified atom stereocenters. The molecule has 0 aliphatic carbocycles. The summed E-state index contributed by atoms with van der Waals surface area (Å²) in [5.41, 5.74) is 1.99. The first kappa shape index (κ1) is 48.4. The van der Waals surface area contributed by atoms with Crippen LogP contribution in [-0.2, 0) is 39.0 Å². The molecule has 0 spiro atoms. The number of thioether (sulfide) groups is 1. The zero-order chi connectivity index (χ0) is 47.9. The molecule has 2 N–H and O–H groups in total. The van der Waals surface area contributed by atoms with Crippen LogP contribution in [0.4, 0.5) is 5.13 Å². The molecule has 12 nitrogen and oxygen atoms in total. The fourth-order valence-corrected chi connectivity index (χ4v) is 11.7. The second-order valence-electron chi connectivity index (χ2n) is 17.8.